The highest BCUT2D eigenvalue weighted by molar-refractivity contribution is 4.82. The minimum Gasteiger partial charge on any atom is -0.392 e. The van der Waals surface area contributed by atoms with Gasteiger partial charge in [0.05, 0.1) is 12.3 Å². The van der Waals surface area contributed by atoms with E-state index in [1.54, 1.807) is 6.20 Å². The quantitative estimate of drug-likeness (QED) is 0.680. The first kappa shape index (κ1) is 10.6. The summed E-state index contributed by atoms with van der Waals surface area (Å²) in [5, 5.41) is 20.6. The van der Waals surface area contributed by atoms with Crippen LogP contribution in [0.25, 0.3) is 0 Å². The SMILES string of the molecule is O[C@@H]1CCC[C@H]1NCCCn1ccnn1. The summed E-state index contributed by atoms with van der Waals surface area (Å²) in [7, 11) is 0. The van der Waals surface area contributed by atoms with Crippen molar-refractivity contribution in [3.05, 3.63) is 12.4 Å². The Labute approximate surface area is 89.5 Å². The van der Waals surface area contributed by atoms with Crippen molar-refractivity contribution < 1.29 is 5.11 Å². The van der Waals surface area contributed by atoms with Gasteiger partial charge in [0, 0.05) is 18.8 Å². The Morgan fingerprint density at radius 2 is 2.40 bits per heavy atom. The Bertz CT molecular complexity index is 275. The van der Waals surface area contributed by atoms with Gasteiger partial charge >= 0.3 is 0 Å². The number of nitrogens with zero attached hydrogens (tertiary/aromatic N) is 3. The molecular weight excluding hydrogens is 192 g/mol. The Hall–Kier alpha value is -0.940. The summed E-state index contributed by atoms with van der Waals surface area (Å²) < 4.78 is 1.83. The minimum absolute atomic E-state index is 0.142. The molecule has 5 nitrogen and oxygen atoms in total. The van der Waals surface area contributed by atoms with Gasteiger partial charge in [0.15, 0.2) is 0 Å². The highest BCUT2D eigenvalue weighted by atomic mass is 16.3. The standard InChI is InChI=1S/C10H18N4O/c15-10-4-1-3-9(10)11-5-2-7-14-8-6-12-13-14/h6,8-11,15H,1-5,7H2/t9-,10-/m1/s1. The first-order chi connectivity index (χ1) is 7.36. The van der Waals surface area contributed by atoms with E-state index in [0.29, 0.717) is 6.04 Å². The first-order valence-corrected chi connectivity index (χ1v) is 5.62. The topological polar surface area (TPSA) is 63.0 Å². The molecule has 1 aromatic heterocycles. The van der Waals surface area contributed by atoms with Gasteiger partial charge in [-0.05, 0) is 32.2 Å². The monoisotopic (exact) mass is 210 g/mol. The van der Waals surface area contributed by atoms with Crippen molar-refractivity contribution in [1.29, 1.82) is 0 Å². The van der Waals surface area contributed by atoms with Crippen molar-refractivity contribution in [1.82, 2.24) is 20.3 Å². The molecule has 0 bridgehead atoms. The molecule has 0 unspecified atom stereocenters. The van der Waals surface area contributed by atoms with Crippen molar-refractivity contribution in [2.45, 2.75) is 44.4 Å². The maximum absolute atomic E-state index is 9.58. The van der Waals surface area contributed by atoms with Crippen molar-refractivity contribution >= 4 is 0 Å². The number of nitrogens with one attached hydrogen (secondary N) is 1. The lowest BCUT2D eigenvalue weighted by Gasteiger charge is -2.15. The molecule has 1 aliphatic carbocycles. The van der Waals surface area contributed by atoms with Gasteiger partial charge in [0.1, 0.15) is 0 Å². The molecule has 0 radical (unpaired) electrons. The van der Waals surface area contributed by atoms with Gasteiger partial charge in [-0.2, -0.15) is 0 Å². The van der Waals surface area contributed by atoms with Crippen LogP contribution in [0.1, 0.15) is 25.7 Å². The highest BCUT2D eigenvalue weighted by Crippen LogP contribution is 2.18. The zero-order chi connectivity index (χ0) is 10.5. The molecule has 2 rings (SSSR count). The van der Waals surface area contributed by atoms with Gasteiger partial charge in [0.2, 0.25) is 0 Å². The van der Waals surface area contributed by atoms with E-state index >= 15 is 0 Å². The molecule has 15 heavy (non-hydrogen) atoms. The predicted molar refractivity (Wildman–Crippen MR) is 56.3 cm³/mol. The fraction of sp³-hybridized carbons (Fsp3) is 0.800. The van der Waals surface area contributed by atoms with Crippen LogP contribution in [-0.4, -0.2) is 38.8 Å². The van der Waals surface area contributed by atoms with Gasteiger partial charge < -0.3 is 10.4 Å². The molecule has 1 aliphatic rings. The second-order valence-corrected chi connectivity index (χ2v) is 4.08. The molecule has 0 aliphatic heterocycles. The first-order valence-electron chi connectivity index (χ1n) is 5.62. The van der Waals surface area contributed by atoms with Gasteiger partial charge in [0.25, 0.3) is 0 Å². The molecule has 1 heterocycles. The lowest BCUT2D eigenvalue weighted by Crippen LogP contribution is -2.36. The van der Waals surface area contributed by atoms with Gasteiger partial charge in [-0.15, -0.1) is 5.10 Å². The van der Waals surface area contributed by atoms with Crippen LogP contribution in [0.5, 0.6) is 0 Å². The molecular formula is C10H18N4O. The lowest BCUT2D eigenvalue weighted by atomic mass is 10.2. The zero-order valence-corrected chi connectivity index (χ0v) is 8.84. The third-order valence-electron chi connectivity index (χ3n) is 2.92. The van der Waals surface area contributed by atoms with Crippen LogP contribution in [0.2, 0.25) is 0 Å². The number of aromatic nitrogens is 3. The van der Waals surface area contributed by atoms with Gasteiger partial charge in [-0.25, -0.2) is 0 Å². The van der Waals surface area contributed by atoms with Crippen LogP contribution < -0.4 is 5.32 Å². The van der Waals surface area contributed by atoms with E-state index in [1.807, 2.05) is 10.9 Å². The number of hydrogen-bond acceptors (Lipinski definition) is 4. The molecule has 2 N–H and O–H groups in total. The van der Waals surface area contributed by atoms with Crippen LogP contribution in [0.15, 0.2) is 12.4 Å². The predicted octanol–water partition coefficient (Wildman–Crippen LogP) is 0.171. The second-order valence-electron chi connectivity index (χ2n) is 4.08. The van der Waals surface area contributed by atoms with Crippen molar-refractivity contribution in [3.8, 4) is 0 Å². The summed E-state index contributed by atoms with van der Waals surface area (Å²) >= 11 is 0. The van der Waals surface area contributed by atoms with E-state index in [2.05, 4.69) is 15.6 Å². The smallest absolute Gasteiger partial charge is 0.0693 e. The largest absolute Gasteiger partial charge is 0.392 e. The van der Waals surface area contributed by atoms with Crippen LogP contribution in [-0.2, 0) is 6.54 Å². The number of aliphatic hydroxyl groups excluding tert-OH is 1. The van der Waals surface area contributed by atoms with E-state index in [0.717, 1.165) is 38.8 Å². The molecule has 0 amide bonds. The van der Waals surface area contributed by atoms with E-state index in [4.69, 9.17) is 0 Å². The average Bonchev–Trinajstić information content (AvgIpc) is 2.85. The zero-order valence-electron chi connectivity index (χ0n) is 8.84. The molecule has 0 spiro atoms. The molecule has 0 saturated heterocycles. The summed E-state index contributed by atoms with van der Waals surface area (Å²) in [6.45, 7) is 1.82. The molecule has 5 heteroatoms. The number of rotatable bonds is 5. The van der Waals surface area contributed by atoms with Gasteiger partial charge in [-0.1, -0.05) is 5.21 Å². The maximum Gasteiger partial charge on any atom is 0.0693 e. The Balaban J connectivity index is 1.59. The highest BCUT2D eigenvalue weighted by Gasteiger charge is 2.23. The Morgan fingerprint density at radius 1 is 1.47 bits per heavy atom. The van der Waals surface area contributed by atoms with Crippen LogP contribution in [0.4, 0.5) is 0 Å². The molecule has 0 aromatic carbocycles. The Morgan fingerprint density at radius 3 is 3.07 bits per heavy atom. The van der Waals surface area contributed by atoms with E-state index in [9.17, 15) is 5.11 Å². The number of aryl methyl sites for hydroxylation is 1. The van der Waals surface area contributed by atoms with Crippen LogP contribution in [0, 0.1) is 0 Å². The summed E-state index contributed by atoms with van der Waals surface area (Å²) in [6, 6.07) is 0.306. The lowest BCUT2D eigenvalue weighted by molar-refractivity contribution is 0.149. The third kappa shape index (κ3) is 3.00. The van der Waals surface area contributed by atoms with Crippen molar-refractivity contribution in [2.24, 2.45) is 0 Å². The van der Waals surface area contributed by atoms with Gasteiger partial charge in [-0.3, -0.25) is 4.68 Å². The van der Waals surface area contributed by atoms with E-state index < -0.39 is 0 Å². The van der Waals surface area contributed by atoms with Crippen molar-refractivity contribution in [2.75, 3.05) is 6.54 Å². The van der Waals surface area contributed by atoms with E-state index in [1.165, 1.54) is 0 Å². The fourth-order valence-electron chi connectivity index (χ4n) is 2.06. The summed E-state index contributed by atoms with van der Waals surface area (Å²) in [5.41, 5.74) is 0. The van der Waals surface area contributed by atoms with E-state index in [-0.39, 0.29) is 6.10 Å². The Kier molecular flexibility index (Phi) is 3.69. The summed E-state index contributed by atoms with van der Waals surface area (Å²) in [5.74, 6) is 0. The summed E-state index contributed by atoms with van der Waals surface area (Å²) in [6.07, 6.45) is 7.62. The van der Waals surface area contributed by atoms with Crippen molar-refractivity contribution in [3.63, 3.8) is 0 Å². The molecule has 1 aromatic rings. The number of aliphatic hydroxyl groups is 1. The minimum atomic E-state index is -0.142. The maximum atomic E-state index is 9.58. The van der Waals surface area contributed by atoms with Crippen LogP contribution in [0.3, 0.4) is 0 Å². The molecule has 84 valence electrons. The number of hydrogen-bond donors (Lipinski definition) is 2. The second kappa shape index (κ2) is 5.23. The normalized spacial score (nSPS) is 25.9. The molecule has 2 atom stereocenters. The fourth-order valence-corrected chi connectivity index (χ4v) is 2.06. The van der Waals surface area contributed by atoms with Crippen LogP contribution >= 0.6 is 0 Å². The molecule has 1 saturated carbocycles. The summed E-state index contributed by atoms with van der Waals surface area (Å²) in [4.78, 5) is 0. The molecule has 1 fully saturated rings. The third-order valence-corrected chi connectivity index (χ3v) is 2.92. The average molecular weight is 210 g/mol.